The van der Waals surface area contributed by atoms with Gasteiger partial charge in [0.1, 0.15) is 11.6 Å². The second-order valence-corrected chi connectivity index (χ2v) is 3.91. The highest BCUT2D eigenvalue weighted by molar-refractivity contribution is 5.69. The monoisotopic (exact) mass is 270 g/mol. The van der Waals surface area contributed by atoms with E-state index >= 15 is 0 Å². The molecule has 0 atom stereocenters. The van der Waals surface area contributed by atoms with Gasteiger partial charge in [0.05, 0.1) is 25.1 Å². The molecule has 0 saturated carbocycles. The predicted molar refractivity (Wildman–Crippen MR) is 71.7 cm³/mol. The fourth-order valence-corrected chi connectivity index (χ4v) is 1.57. The zero-order valence-corrected chi connectivity index (χ0v) is 11.2. The molecule has 0 fully saturated rings. The van der Waals surface area contributed by atoms with Gasteiger partial charge in [0.15, 0.2) is 0 Å². The van der Waals surface area contributed by atoms with Gasteiger partial charge in [-0.3, -0.25) is 4.79 Å². The van der Waals surface area contributed by atoms with Gasteiger partial charge < -0.3 is 20.5 Å². The molecule has 6 heteroatoms. The molecule has 0 amide bonds. The van der Waals surface area contributed by atoms with Gasteiger partial charge in [-0.05, 0) is 13.3 Å². The molecule has 0 aliphatic carbocycles. The number of methoxy groups -OCH3 is 1. The van der Waals surface area contributed by atoms with Crippen LogP contribution in [0.3, 0.4) is 0 Å². The molecule has 0 aliphatic rings. The molecule has 1 aromatic carbocycles. The first kappa shape index (κ1) is 15.1. The number of benzene rings is 1. The van der Waals surface area contributed by atoms with Crippen molar-refractivity contribution in [1.82, 2.24) is 0 Å². The van der Waals surface area contributed by atoms with Crippen LogP contribution in [0.1, 0.15) is 19.8 Å². The fraction of sp³-hybridized carbons (Fsp3) is 0.462. The Morgan fingerprint density at radius 1 is 1.47 bits per heavy atom. The van der Waals surface area contributed by atoms with Crippen LogP contribution in [-0.4, -0.2) is 26.2 Å². The molecular formula is C13H19FN2O3. The molecule has 0 spiro atoms. The maximum Gasteiger partial charge on any atom is 0.305 e. The zero-order chi connectivity index (χ0) is 14.3. The predicted octanol–water partition coefficient (Wildman–Crippen LogP) is 2.17. The van der Waals surface area contributed by atoms with E-state index in [1.807, 2.05) is 0 Å². The third kappa shape index (κ3) is 4.65. The average Bonchev–Trinajstić information content (AvgIpc) is 2.37. The molecule has 0 heterocycles. The molecular weight excluding hydrogens is 251 g/mol. The summed E-state index contributed by atoms with van der Waals surface area (Å²) in [7, 11) is 1.47. The van der Waals surface area contributed by atoms with Gasteiger partial charge in [-0.25, -0.2) is 4.39 Å². The van der Waals surface area contributed by atoms with Crippen LogP contribution in [-0.2, 0) is 9.53 Å². The molecule has 0 aliphatic heterocycles. The van der Waals surface area contributed by atoms with Gasteiger partial charge in [0.2, 0.25) is 0 Å². The average molecular weight is 270 g/mol. The highest BCUT2D eigenvalue weighted by atomic mass is 19.1. The lowest BCUT2D eigenvalue weighted by Crippen LogP contribution is -2.09. The minimum atomic E-state index is -0.450. The van der Waals surface area contributed by atoms with Crippen molar-refractivity contribution < 1.29 is 18.7 Å². The van der Waals surface area contributed by atoms with Crippen molar-refractivity contribution in [3.8, 4) is 5.75 Å². The molecule has 1 rings (SSSR count). The molecule has 0 aromatic heterocycles. The largest absolute Gasteiger partial charge is 0.495 e. The lowest BCUT2D eigenvalue weighted by molar-refractivity contribution is -0.143. The standard InChI is InChI=1S/C13H19FN2O3/c1-3-19-13(17)5-4-6-16-11-8-12(18-2)10(15)7-9(11)14/h7-8,16H,3-6,15H2,1-2H3. The van der Waals surface area contributed by atoms with Gasteiger partial charge in [0.25, 0.3) is 0 Å². The van der Waals surface area contributed by atoms with E-state index in [0.717, 1.165) is 0 Å². The van der Waals surface area contributed by atoms with Crippen LogP contribution in [0.4, 0.5) is 15.8 Å². The van der Waals surface area contributed by atoms with E-state index in [1.165, 1.54) is 19.2 Å². The molecule has 0 bridgehead atoms. The fourth-order valence-electron chi connectivity index (χ4n) is 1.57. The maximum absolute atomic E-state index is 13.6. The van der Waals surface area contributed by atoms with E-state index < -0.39 is 5.82 Å². The van der Waals surface area contributed by atoms with E-state index in [4.69, 9.17) is 15.2 Å². The normalized spacial score (nSPS) is 10.1. The third-order valence-electron chi connectivity index (χ3n) is 2.50. The molecule has 106 valence electrons. The van der Waals surface area contributed by atoms with Crippen LogP contribution >= 0.6 is 0 Å². The molecule has 5 nitrogen and oxygen atoms in total. The number of rotatable bonds is 7. The van der Waals surface area contributed by atoms with Crippen LogP contribution in [0.5, 0.6) is 5.75 Å². The first-order valence-electron chi connectivity index (χ1n) is 6.11. The number of carbonyl (C=O) groups is 1. The lowest BCUT2D eigenvalue weighted by atomic mass is 10.2. The molecule has 1 aromatic rings. The highest BCUT2D eigenvalue weighted by Gasteiger charge is 2.08. The van der Waals surface area contributed by atoms with Gasteiger partial charge >= 0.3 is 5.97 Å². The number of ether oxygens (including phenoxy) is 2. The summed E-state index contributed by atoms with van der Waals surface area (Å²) in [6, 6.07) is 2.70. The minimum absolute atomic E-state index is 0.247. The van der Waals surface area contributed by atoms with Crippen molar-refractivity contribution in [3.63, 3.8) is 0 Å². The van der Waals surface area contributed by atoms with Crippen molar-refractivity contribution in [2.75, 3.05) is 31.3 Å². The van der Waals surface area contributed by atoms with Gasteiger partial charge in [-0.2, -0.15) is 0 Å². The second-order valence-electron chi connectivity index (χ2n) is 3.91. The number of nitrogen functional groups attached to an aromatic ring is 1. The summed E-state index contributed by atoms with van der Waals surface area (Å²) in [4.78, 5) is 11.1. The summed E-state index contributed by atoms with van der Waals surface area (Å²) in [5.41, 5.74) is 6.12. The van der Waals surface area contributed by atoms with Crippen LogP contribution in [0.25, 0.3) is 0 Å². The first-order valence-corrected chi connectivity index (χ1v) is 6.11. The number of anilines is 2. The smallest absolute Gasteiger partial charge is 0.305 e. The van der Waals surface area contributed by atoms with E-state index in [9.17, 15) is 9.18 Å². The Morgan fingerprint density at radius 3 is 2.84 bits per heavy atom. The van der Waals surface area contributed by atoms with Crippen LogP contribution < -0.4 is 15.8 Å². The lowest BCUT2D eigenvalue weighted by Gasteiger charge is -2.11. The summed E-state index contributed by atoms with van der Waals surface area (Å²) in [5, 5.41) is 2.89. The second kappa shape index (κ2) is 7.45. The zero-order valence-electron chi connectivity index (χ0n) is 11.2. The summed E-state index contributed by atoms with van der Waals surface area (Å²) < 4.78 is 23.4. The number of nitrogens with two attached hydrogens (primary N) is 1. The molecule has 3 N–H and O–H groups in total. The Bertz CT molecular complexity index is 438. The van der Waals surface area contributed by atoms with Gasteiger partial charge in [-0.15, -0.1) is 0 Å². The van der Waals surface area contributed by atoms with Gasteiger partial charge in [0, 0.05) is 25.1 Å². The quantitative estimate of drug-likeness (QED) is 0.451. The first-order chi connectivity index (χ1) is 9.08. The Labute approximate surface area is 111 Å². The SMILES string of the molecule is CCOC(=O)CCCNc1cc(OC)c(N)cc1F. The number of esters is 1. The Kier molecular flexibility index (Phi) is 5.92. The number of halogens is 1. The summed E-state index contributed by atoms with van der Waals surface area (Å²) in [6.45, 7) is 2.59. The Balaban J connectivity index is 2.47. The van der Waals surface area contributed by atoms with Gasteiger partial charge in [-0.1, -0.05) is 0 Å². The minimum Gasteiger partial charge on any atom is -0.495 e. The Morgan fingerprint density at radius 2 is 2.21 bits per heavy atom. The summed E-state index contributed by atoms with van der Waals surface area (Å²) >= 11 is 0. The summed E-state index contributed by atoms with van der Waals surface area (Å²) in [6.07, 6.45) is 0.861. The van der Waals surface area contributed by atoms with Crippen LogP contribution in [0.2, 0.25) is 0 Å². The number of nitrogens with one attached hydrogen (secondary N) is 1. The van der Waals surface area contributed by atoms with E-state index in [2.05, 4.69) is 5.32 Å². The molecule has 19 heavy (non-hydrogen) atoms. The van der Waals surface area contributed by atoms with Crippen molar-refractivity contribution in [3.05, 3.63) is 17.9 Å². The van der Waals surface area contributed by atoms with Crippen molar-refractivity contribution in [2.45, 2.75) is 19.8 Å². The molecule has 0 saturated heterocycles. The number of carbonyl (C=O) groups excluding carboxylic acids is 1. The topological polar surface area (TPSA) is 73.6 Å². The molecule has 0 radical (unpaired) electrons. The van der Waals surface area contributed by atoms with Crippen LogP contribution in [0, 0.1) is 5.82 Å². The van der Waals surface area contributed by atoms with E-state index in [-0.39, 0.29) is 11.7 Å². The number of hydrogen-bond donors (Lipinski definition) is 2. The van der Waals surface area contributed by atoms with Crippen molar-refractivity contribution in [1.29, 1.82) is 0 Å². The van der Waals surface area contributed by atoms with Crippen molar-refractivity contribution >= 4 is 17.3 Å². The van der Waals surface area contributed by atoms with Crippen LogP contribution in [0.15, 0.2) is 12.1 Å². The maximum atomic E-state index is 13.6. The number of hydrogen-bond acceptors (Lipinski definition) is 5. The van der Waals surface area contributed by atoms with E-state index in [1.54, 1.807) is 6.92 Å². The van der Waals surface area contributed by atoms with Crippen molar-refractivity contribution in [2.24, 2.45) is 0 Å². The molecule has 0 unspecified atom stereocenters. The summed E-state index contributed by atoms with van der Waals surface area (Å²) in [5.74, 6) is -0.289. The highest BCUT2D eigenvalue weighted by Crippen LogP contribution is 2.28. The van der Waals surface area contributed by atoms with E-state index in [0.29, 0.717) is 37.4 Å². The Hall–Kier alpha value is -1.98. The third-order valence-corrected chi connectivity index (χ3v) is 2.50.